The zero-order valence-corrected chi connectivity index (χ0v) is 14.7. The van der Waals surface area contributed by atoms with Crippen LogP contribution in [0.3, 0.4) is 0 Å². The fraction of sp³-hybridized carbons (Fsp3) is 0.842. The van der Waals surface area contributed by atoms with E-state index < -0.39 is 0 Å². The number of carbonyl (C=O) groups excluding carboxylic acids is 1. The van der Waals surface area contributed by atoms with Crippen molar-refractivity contribution in [1.82, 2.24) is 0 Å². The van der Waals surface area contributed by atoms with Crippen LogP contribution in [-0.4, -0.2) is 24.3 Å². The van der Waals surface area contributed by atoms with E-state index in [9.17, 15) is 9.90 Å². The number of methoxy groups -OCH3 is 1. The molecule has 0 aromatic carbocycles. The maximum absolute atomic E-state index is 10.9. The summed E-state index contributed by atoms with van der Waals surface area (Å²) in [5, 5.41) is 9.82. The van der Waals surface area contributed by atoms with E-state index >= 15 is 0 Å². The zero-order valence-electron chi connectivity index (χ0n) is 14.7. The van der Waals surface area contributed by atoms with E-state index in [1.54, 1.807) is 0 Å². The SMILES string of the molecule is CCCCC/C=C/C(O)CCCCCCCCCC(=O)OC. The molecule has 0 aliphatic heterocycles. The number of aliphatic hydroxyl groups excluding tert-OH is 1. The summed E-state index contributed by atoms with van der Waals surface area (Å²) in [5.74, 6) is -0.100. The molecule has 0 saturated heterocycles. The quantitative estimate of drug-likeness (QED) is 0.258. The summed E-state index contributed by atoms with van der Waals surface area (Å²) >= 11 is 0. The van der Waals surface area contributed by atoms with Gasteiger partial charge in [-0.3, -0.25) is 4.79 Å². The number of ether oxygens (including phenoxy) is 1. The Morgan fingerprint density at radius 3 is 2.27 bits per heavy atom. The van der Waals surface area contributed by atoms with E-state index in [1.165, 1.54) is 52.1 Å². The first-order valence-electron chi connectivity index (χ1n) is 9.12. The summed E-state index contributed by atoms with van der Waals surface area (Å²) in [6.07, 6.45) is 18.1. The first-order chi connectivity index (χ1) is 10.7. The summed E-state index contributed by atoms with van der Waals surface area (Å²) in [6.45, 7) is 2.21. The molecule has 0 rings (SSSR count). The van der Waals surface area contributed by atoms with E-state index in [4.69, 9.17) is 0 Å². The van der Waals surface area contributed by atoms with Crippen LogP contribution >= 0.6 is 0 Å². The lowest BCUT2D eigenvalue weighted by Crippen LogP contribution is -2.01. The van der Waals surface area contributed by atoms with Crippen LogP contribution in [0.25, 0.3) is 0 Å². The molecular formula is C19H36O3. The predicted molar refractivity (Wildman–Crippen MR) is 92.9 cm³/mol. The molecule has 3 nitrogen and oxygen atoms in total. The van der Waals surface area contributed by atoms with Gasteiger partial charge in [0.25, 0.3) is 0 Å². The van der Waals surface area contributed by atoms with Crippen LogP contribution < -0.4 is 0 Å². The lowest BCUT2D eigenvalue weighted by atomic mass is 10.0. The van der Waals surface area contributed by atoms with Gasteiger partial charge in [0.15, 0.2) is 0 Å². The first kappa shape index (κ1) is 21.2. The van der Waals surface area contributed by atoms with Gasteiger partial charge in [-0.1, -0.05) is 70.4 Å². The number of carbonyl (C=O) groups is 1. The van der Waals surface area contributed by atoms with Gasteiger partial charge >= 0.3 is 5.97 Å². The monoisotopic (exact) mass is 312 g/mol. The molecule has 0 fully saturated rings. The summed E-state index contributed by atoms with van der Waals surface area (Å²) in [5.41, 5.74) is 0. The zero-order chi connectivity index (χ0) is 16.5. The molecule has 1 atom stereocenters. The van der Waals surface area contributed by atoms with Gasteiger partial charge in [-0.15, -0.1) is 0 Å². The number of aliphatic hydroxyl groups is 1. The van der Waals surface area contributed by atoms with Gasteiger partial charge < -0.3 is 9.84 Å². The van der Waals surface area contributed by atoms with Crippen molar-refractivity contribution in [3.05, 3.63) is 12.2 Å². The van der Waals surface area contributed by atoms with Crippen LogP contribution in [0, 0.1) is 0 Å². The molecule has 0 aromatic rings. The van der Waals surface area contributed by atoms with Gasteiger partial charge in [-0.05, 0) is 25.7 Å². The lowest BCUT2D eigenvalue weighted by molar-refractivity contribution is -0.140. The van der Waals surface area contributed by atoms with Crippen LogP contribution in [0.15, 0.2) is 12.2 Å². The topological polar surface area (TPSA) is 46.5 Å². The highest BCUT2D eigenvalue weighted by atomic mass is 16.5. The highest BCUT2D eigenvalue weighted by molar-refractivity contribution is 5.68. The van der Waals surface area contributed by atoms with Crippen molar-refractivity contribution in [1.29, 1.82) is 0 Å². The van der Waals surface area contributed by atoms with Gasteiger partial charge in [-0.25, -0.2) is 0 Å². The van der Waals surface area contributed by atoms with E-state index in [-0.39, 0.29) is 12.1 Å². The molecular weight excluding hydrogens is 276 g/mol. The maximum Gasteiger partial charge on any atom is 0.305 e. The highest BCUT2D eigenvalue weighted by Gasteiger charge is 2.00. The number of hydrogen-bond acceptors (Lipinski definition) is 3. The Balaban J connectivity index is 3.26. The number of rotatable bonds is 15. The largest absolute Gasteiger partial charge is 0.469 e. The third kappa shape index (κ3) is 15.6. The maximum atomic E-state index is 10.9. The number of unbranched alkanes of at least 4 members (excludes halogenated alkanes) is 9. The summed E-state index contributed by atoms with van der Waals surface area (Å²) in [6, 6.07) is 0. The number of hydrogen-bond donors (Lipinski definition) is 1. The molecule has 0 spiro atoms. The second kappa shape index (κ2) is 16.5. The third-order valence-corrected chi connectivity index (χ3v) is 3.94. The highest BCUT2D eigenvalue weighted by Crippen LogP contribution is 2.11. The van der Waals surface area contributed by atoms with E-state index in [2.05, 4.69) is 17.7 Å². The van der Waals surface area contributed by atoms with Gasteiger partial charge in [0, 0.05) is 6.42 Å². The molecule has 1 unspecified atom stereocenters. The van der Waals surface area contributed by atoms with Crippen molar-refractivity contribution in [3.8, 4) is 0 Å². The fourth-order valence-electron chi connectivity index (χ4n) is 2.47. The Hall–Kier alpha value is -0.830. The standard InChI is InChI=1S/C19H36O3/c1-3-4-5-9-12-15-18(20)16-13-10-7-6-8-11-14-17-19(21)22-2/h12,15,18,20H,3-11,13-14,16-17H2,1-2H3/b15-12+. The minimum Gasteiger partial charge on any atom is -0.469 e. The lowest BCUT2D eigenvalue weighted by Gasteiger charge is -2.05. The molecule has 0 heterocycles. The van der Waals surface area contributed by atoms with E-state index in [0.29, 0.717) is 6.42 Å². The summed E-state index contributed by atoms with van der Waals surface area (Å²) < 4.78 is 4.61. The van der Waals surface area contributed by atoms with Crippen molar-refractivity contribution < 1.29 is 14.6 Å². The fourth-order valence-corrected chi connectivity index (χ4v) is 2.47. The van der Waals surface area contributed by atoms with Crippen LogP contribution in [-0.2, 0) is 9.53 Å². The second-order valence-corrected chi connectivity index (χ2v) is 6.08. The van der Waals surface area contributed by atoms with E-state index in [1.807, 2.05) is 6.08 Å². The molecule has 0 aliphatic carbocycles. The van der Waals surface area contributed by atoms with Crippen molar-refractivity contribution in [2.75, 3.05) is 7.11 Å². The van der Waals surface area contributed by atoms with Gasteiger partial charge in [0.2, 0.25) is 0 Å². The molecule has 0 radical (unpaired) electrons. The van der Waals surface area contributed by atoms with Crippen LogP contribution in [0.5, 0.6) is 0 Å². The average Bonchev–Trinajstić information content (AvgIpc) is 2.52. The smallest absolute Gasteiger partial charge is 0.305 e. The van der Waals surface area contributed by atoms with Crippen LogP contribution in [0.1, 0.15) is 90.4 Å². The van der Waals surface area contributed by atoms with Crippen molar-refractivity contribution in [2.45, 2.75) is 96.5 Å². The molecule has 3 heteroatoms. The Labute approximate surface area is 137 Å². The molecule has 22 heavy (non-hydrogen) atoms. The minimum atomic E-state index is -0.262. The molecule has 0 amide bonds. The molecule has 0 bridgehead atoms. The Bertz CT molecular complexity index is 274. The normalized spacial score (nSPS) is 12.7. The molecule has 130 valence electrons. The van der Waals surface area contributed by atoms with Crippen molar-refractivity contribution in [3.63, 3.8) is 0 Å². The average molecular weight is 312 g/mol. The van der Waals surface area contributed by atoms with Crippen LogP contribution in [0.2, 0.25) is 0 Å². The molecule has 0 aromatic heterocycles. The molecule has 0 saturated carbocycles. The van der Waals surface area contributed by atoms with Crippen LogP contribution in [0.4, 0.5) is 0 Å². The van der Waals surface area contributed by atoms with Crippen molar-refractivity contribution in [2.24, 2.45) is 0 Å². The summed E-state index contributed by atoms with van der Waals surface area (Å²) in [7, 11) is 1.44. The van der Waals surface area contributed by atoms with Gasteiger partial charge in [0.1, 0.15) is 0 Å². The number of allylic oxidation sites excluding steroid dienone is 1. The minimum absolute atomic E-state index is 0.100. The van der Waals surface area contributed by atoms with Crippen molar-refractivity contribution >= 4 is 5.97 Å². The Kier molecular flexibility index (Phi) is 15.9. The van der Waals surface area contributed by atoms with Gasteiger partial charge in [0.05, 0.1) is 13.2 Å². The first-order valence-corrected chi connectivity index (χ1v) is 9.12. The number of esters is 1. The Morgan fingerprint density at radius 2 is 1.64 bits per heavy atom. The van der Waals surface area contributed by atoms with Gasteiger partial charge in [-0.2, -0.15) is 0 Å². The predicted octanol–water partition coefficient (Wildman–Crippen LogP) is 5.17. The summed E-state index contributed by atoms with van der Waals surface area (Å²) in [4.78, 5) is 10.9. The second-order valence-electron chi connectivity index (χ2n) is 6.08. The molecule has 0 aliphatic rings. The Morgan fingerprint density at radius 1 is 1.00 bits per heavy atom. The van der Waals surface area contributed by atoms with E-state index in [0.717, 1.165) is 32.1 Å². The molecule has 1 N–H and O–H groups in total. The third-order valence-electron chi connectivity index (χ3n) is 3.94.